The molecule has 0 aromatic rings. The zero-order valence-electron chi connectivity index (χ0n) is 23.0. The fourth-order valence-corrected chi connectivity index (χ4v) is 10.3. The summed E-state index contributed by atoms with van der Waals surface area (Å²) in [5.74, 6) is 6.79. The van der Waals surface area contributed by atoms with Crippen LogP contribution in [0.4, 0.5) is 0 Å². The maximum atomic E-state index is 11.0. The highest BCUT2D eigenvalue weighted by Gasteiger charge is 2.61. The summed E-state index contributed by atoms with van der Waals surface area (Å²) in [7, 11) is 0. The molecule has 0 aliphatic heterocycles. The minimum atomic E-state index is -0.0717. The Labute approximate surface area is 206 Å². The molecule has 1 N–H and O–H groups in total. The van der Waals surface area contributed by atoms with E-state index in [1.54, 1.807) is 0 Å². The van der Waals surface area contributed by atoms with Crippen molar-refractivity contribution in [2.75, 3.05) is 0 Å². The van der Waals surface area contributed by atoms with Crippen molar-refractivity contribution >= 4 is 0 Å². The molecule has 4 saturated carbocycles. The predicted molar refractivity (Wildman–Crippen MR) is 142 cm³/mol. The highest BCUT2D eigenvalue weighted by molar-refractivity contribution is 5.11. The summed E-state index contributed by atoms with van der Waals surface area (Å²) in [6, 6.07) is 0. The Morgan fingerprint density at radius 1 is 0.818 bits per heavy atom. The molecule has 0 aromatic carbocycles. The minimum absolute atomic E-state index is 0.0717. The van der Waals surface area contributed by atoms with E-state index in [1.165, 1.54) is 64.2 Å². The number of rotatable bonds is 8. The summed E-state index contributed by atoms with van der Waals surface area (Å²) in [6.07, 6.45) is 22.2. The first-order valence-corrected chi connectivity index (χ1v) is 15.0. The number of hydrogen-bond acceptors (Lipinski definition) is 1. The van der Waals surface area contributed by atoms with Crippen LogP contribution in [-0.4, -0.2) is 11.2 Å². The van der Waals surface area contributed by atoms with Crippen molar-refractivity contribution in [1.29, 1.82) is 0 Å². The zero-order valence-corrected chi connectivity index (χ0v) is 23.0. The average molecular weight is 457 g/mol. The quantitative estimate of drug-likeness (QED) is 0.361. The molecule has 190 valence electrons. The molecule has 4 aliphatic carbocycles. The third-order valence-corrected chi connectivity index (χ3v) is 11.9. The molecular weight excluding hydrogens is 400 g/mol. The molecule has 1 heteroatoms. The summed E-state index contributed by atoms with van der Waals surface area (Å²) in [5.41, 5.74) is 1.06. The number of aliphatic hydroxyl groups is 1. The molecule has 4 fully saturated rings. The summed E-state index contributed by atoms with van der Waals surface area (Å²) < 4.78 is 0. The van der Waals surface area contributed by atoms with Crippen molar-refractivity contribution in [3.8, 4) is 0 Å². The van der Waals surface area contributed by atoms with E-state index >= 15 is 0 Å². The van der Waals surface area contributed by atoms with Gasteiger partial charge in [0.25, 0.3) is 0 Å². The molecule has 0 bridgehead atoms. The lowest BCUT2D eigenvalue weighted by molar-refractivity contribution is -0.152. The Hall–Kier alpha value is -0.300. The molecule has 1 unspecified atom stereocenters. The van der Waals surface area contributed by atoms with Crippen molar-refractivity contribution in [2.45, 2.75) is 131 Å². The van der Waals surface area contributed by atoms with Crippen molar-refractivity contribution in [3.05, 3.63) is 12.2 Å². The molecule has 0 spiro atoms. The van der Waals surface area contributed by atoms with E-state index in [-0.39, 0.29) is 6.10 Å². The van der Waals surface area contributed by atoms with Crippen LogP contribution in [0, 0.1) is 58.2 Å². The first-order chi connectivity index (χ1) is 15.7. The largest absolute Gasteiger partial charge is 0.393 e. The number of fused-ring (bicyclic) bond motifs is 5. The van der Waals surface area contributed by atoms with Gasteiger partial charge in [-0.3, -0.25) is 0 Å². The molecule has 4 aliphatic rings. The van der Waals surface area contributed by atoms with E-state index in [2.05, 4.69) is 53.7 Å². The van der Waals surface area contributed by atoms with E-state index in [0.717, 1.165) is 60.7 Å². The second-order valence-electron chi connectivity index (χ2n) is 14.0. The fourth-order valence-electron chi connectivity index (χ4n) is 10.3. The fraction of sp³-hybridized carbons (Fsp3) is 0.938. The molecule has 1 nitrogen and oxygen atoms in total. The summed E-state index contributed by atoms with van der Waals surface area (Å²) >= 11 is 0. The third-order valence-electron chi connectivity index (χ3n) is 11.9. The van der Waals surface area contributed by atoms with Gasteiger partial charge in [0.1, 0.15) is 0 Å². The third kappa shape index (κ3) is 4.75. The van der Waals surface area contributed by atoms with E-state index < -0.39 is 0 Å². The van der Waals surface area contributed by atoms with Crippen molar-refractivity contribution in [2.24, 2.45) is 58.2 Å². The maximum Gasteiger partial charge on any atom is 0.0574 e. The van der Waals surface area contributed by atoms with Crippen LogP contribution >= 0.6 is 0 Å². The standard InChI is InChI=1S/C32H56O/c1-7-8-9-13-25-28-15-14-24-27-17-16-26(23(4)12-10-11-22(2)3)31(27,5)20-18-29(24)32(28,6)21-19-30(25)33/h8-9,22-30,33H,7,10-21H2,1-6H3/b9-8+/t23-,24+,25+,26-,27+,28?,29+,30-,31-,32+/m1/s1. The predicted octanol–water partition coefficient (Wildman–Crippen LogP) is 9.05. The molecule has 0 aromatic heterocycles. The van der Waals surface area contributed by atoms with E-state index in [9.17, 15) is 5.11 Å². The van der Waals surface area contributed by atoms with Crippen LogP contribution in [0.5, 0.6) is 0 Å². The van der Waals surface area contributed by atoms with Gasteiger partial charge in [-0.15, -0.1) is 0 Å². The average Bonchev–Trinajstić information content (AvgIpc) is 3.12. The molecule has 0 radical (unpaired) electrons. The van der Waals surface area contributed by atoms with Gasteiger partial charge in [0, 0.05) is 0 Å². The molecule has 10 atom stereocenters. The Morgan fingerprint density at radius 2 is 1.52 bits per heavy atom. The minimum Gasteiger partial charge on any atom is -0.393 e. The summed E-state index contributed by atoms with van der Waals surface area (Å²) in [5, 5.41) is 11.0. The van der Waals surface area contributed by atoms with Crippen LogP contribution < -0.4 is 0 Å². The Morgan fingerprint density at radius 3 is 2.24 bits per heavy atom. The van der Waals surface area contributed by atoms with Gasteiger partial charge in [0.05, 0.1) is 6.10 Å². The van der Waals surface area contributed by atoms with Crippen LogP contribution in [0.1, 0.15) is 125 Å². The van der Waals surface area contributed by atoms with Crippen LogP contribution in [-0.2, 0) is 0 Å². The van der Waals surface area contributed by atoms with Crippen molar-refractivity contribution < 1.29 is 5.11 Å². The van der Waals surface area contributed by atoms with E-state index in [1.807, 2.05) is 0 Å². The summed E-state index contributed by atoms with van der Waals surface area (Å²) in [6.45, 7) is 15.0. The van der Waals surface area contributed by atoms with Crippen molar-refractivity contribution in [1.82, 2.24) is 0 Å². The highest BCUT2D eigenvalue weighted by Crippen LogP contribution is 2.69. The molecule has 0 heterocycles. The van der Waals surface area contributed by atoms with Gasteiger partial charge in [0.15, 0.2) is 0 Å². The van der Waals surface area contributed by atoms with E-state index in [0.29, 0.717) is 16.7 Å². The summed E-state index contributed by atoms with van der Waals surface area (Å²) in [4.78, 5) is 0. The normalized spacial score (nSPS) is 46.2. The van der Waals surface area contributed by atoms with Crippen LogP contribution in [0.25, 0.3) is 0 Å². The van der Waals surface area contributed by atoms with Crippen molar-refractivity contribution in [3.63, 3.8) is 0 Å². The molecule has 4 rings (SSSR count). The van der Waals surface area contributed by atoms with Gasteiger partial charge in [-0.05, 0) is 122 Å². The SMILES string of the molecule is CC/C=C/C[C@H]1C2CC[C@H]3[C@@H]4CC[C@H]([C@H](C)CCCC(C)C)[C@@]4(C)CC[C@@H]3[C@@]2(C)CC[C@H]1O. The first-order valence-electron chi connectivity index (χ1n) is 15.0. The smallest absolute Gasteiger partial charge is 0.0574 e. The lowest BCUT2D eigenvalue weighted by Gasteiger charge is -2.62. The Balaban J connectivity index is 1.47. The van der Waals surface area contributed by atoms with Crippen LogP contribution in [0.2, 0.25) is 0 Å². The molecule has 0 saturated heterocycles. The Bertz CT molecular complexity index is 665. The van der Waals surface area contributed by atoms with Gasteiger partial charge in [0.2, 0.25) is 0 Å². The monoisotopic (exact) mass is 456 g/mol. The highest BCUT2D eigenvalue weighted by atomic mass is 16.3. The second kappa shape index (κ2) is 10.4. The van der Waals surface area contributed by atoms with E-state index in [4.69, 9.17) is 0 Å². The number of allylic oxidation sites excluding steroid dienone is 2. The number of aliphatic hydroxyl groups excluding tert-OH is 1. The Kier molecular flexibility index (Phi) is 8.09. The molecule has 33 heavy (non-hydrogen) atoms. The molecule has 0 amide bonds. The zero-order chi connectivity index (χ0) is 23.8. The van der Waals surface area contributed by atoms with Gasteiger partial charge in [-0.1, -0.05) is 73.0 Å². The van der Waals surface area contributed by atoms with Crippen LogP contribution in [0.3, 0.4) is 0 Å². The van der Waals surface area contributed by atoms with Gasteiger partial charge < -0.3 is 5.11 Å². The van der Waals surface area contributed by atoms with Gasteiger partial charge in [-0.2, -0.15) is 0 Å². The van der Waals surface area contributed by atoms with Gasteiger partial charge >= 0.3 is 0 Å². The molecular formula is C32H56O. The lowest BCUT2D eigenvalue weighted by Crippen LogP contribution is -2.56. The lowest BCUT2D eigenvalue weighted by atomic mass is 9.43. The van der Waals surface area contributed by atoms with Gasteiger partial charge in [-0.25, -0.2) is 0 Å². The topological polar surface area (TPSA) is 20.2 Å². The maximum absolute atomic E-state index is 11.0. The van der Waals surface area contributed by atoms with Crippen LogP contribution in [0.15, 0.2) is 12.2 Å². The number of hydrogen-bond donors (Lipinski definition) is 1. The second-order valence-corrected chi connectivity index (χ2v) is 14.0. The first kappa shape index (κ1) is 25.8.